The lowest BCUT2D eigenvalue weighted by Crippen LogP contribution is -1.99. The summed E-state index contributed by atoms with van der Waals surface area (Å²) in [6.45, 7) is 2.22. The van der Waals surface area contributed by atoms with Crippen LogP contribution in [0.2, 0.25) is 0 Å². The minimum atomic E-state index is 0.136. The summed E-state index contributed by atoms with van der Waals surface area (Å²) in [5.74, 6) is 0. The number of para-hydroxylation sites is 1. The molecule has 0 unspecified atom stereocenters. The number of hydrogen-bond acceptors (Lipinski definition) is 3. The SMILES string of the molecule is Cc1ccsc1-c1cccc(CCO)c1N. The summed E-state index contributed by atoms with van der Waals surface area (Å²) in [6, 6.07) is 8.10. The maximum absolute atomic E-state index is 8.97. The average Bonchev–Trinajstić information content (AvgIpc) is 2.68. The van der Waals surface area contributed by atoms with Crippen molar-refractivity contribution in [3.05, 3.63) is 40.8 Å². The molecule has 0 aliphatic heterocycles. The molecule has 3 N–H and O–H groups in total. The van der Waals surface area contributed by atoms with Crippen molar-refractivity contribution in [2.24, 2.45) is 0 Å². The summed E-state index contributed by atoms with van der Waals surface area (Å²) in [7, 11) is 0. The number of aliphatic hydroxyl groups is 1. The first-order valence-corrected chi connectivity index (χ1v) is 6.14. The fourth-order valence-electron chi connectivity index (χ4n) is 1.80. The Morgan fingerprint density at radius 1 is 1.31 bits per heavy atom. The second-order valence-electron chi connectivity index (χ2n) is 3.78. The molecular formula is C13H15NOS. The molecule has 1 heterocycles. The van der Waals surface area contributed by atoms with Gasteiger partial charge in [0.2, 0.25) is 0 Å². The maximum Gasteiger partial charge on any atom is 0.0472 e. The molecule has 1 aromatic heterocycles. The van der Waals surface area contributed by atoms with E-state index in [-0.39, 0.29) is 6.61 Å². The number of rotatable bonds is 3. The molecule has 0 saturated carbocycles. The molecule has 0 bridgehead atoms. The van der Waals surface area contributed by atoms with Gasteiger partial charge in [-0.3, -0.25) is 0 Å². The number of hydrogen-bond donors (Lipinski definition) is 2. The third-order valence-electron chi connectivity index (χ3n) is 2.68. The Balaban J connectivity index is 2.50. The predicted molar refractivity (Wildman–Crippen MR) is 69.7 cm³/mol. The highest BCUT2D eigenvalue weighted by atomic mass is 32.1. The zero-order valence-corrected chi connectivity index (χ0v) is 10.1. The van der Waals surface area contributed by atoms with Crippen LogP contribution in [0.1, 0.15) is 11.1 Å². The second-order valence-corrected chi connectivity index (χ2v) is 4.70. The van der Waals surface area contributed by atoms with Crippen LogP contribution in [0.15, 0.2) is 29.6 Å². The molecule has 0 aliphatic rings. The fraction of sp³-hybridized carbons (Fsp3) is 0.231. The topological polar surface area (TPSA) is 46.2 Å². The largest absolute Gasteiger partial charge is 0.398 e. The highest BCUT2D eigenvalue weighted by Crippen LogP contribution is 2.34. The monoisotopic (exact) mass is 233 g/mol. The Morgan fingerprint density at radius 3 is 2.75 bits per heavy atom. The average molecular weight is 233 g/mol. The number of anilines is 1. The summed E-state index contributed by atoms with van der Waals surface area (Å²) >= 11 is 1.70. The van der Waals surface area contributed by atoms with Gasteiger partial charge < -0.3 is 10.8 Å². The molecule has 0 radical (unpaired) electrons. The lowest BCUT2D eigenvalue weighted by Gasteiger charge is -2.09. The normalized spacial score (nSPS) is 10.6. The van der Waals surface area contributed by atoms with E-state index in [1.165, 1.54) is 10.4 Å². The van der Waals surface area contributed by atoms with Gasteiger partial charge in [0.05, 0.1) is 0 Å². The molecule has 3 heteroatoms. The van der Waals surface area contributed by atoms with E-state index in [4.69, 9.17) is 10.8 Å². The van der Waals surface area contributed by atoms with Crippen molar-refractivity contribution in [1.82, 2.24) is 0 Å². The van der Waals surface area contributed by atoms with E-state index in [1.54, 1.807) is 11.3 Å². The van der Waals surface area contributed by atoms with Gasteiger partial charge in [-0.15, -0.1) is 11.3 Å². The first-order chi connectivity index (χ1) is 7.74. The number of thiophene rings is 1. The van der Waals surface area contributed by atoms with Gasteiger partial charge >= 0.3 is 0 Å². The lowest BCUT2D eigenvalue weighted by molar-refractivity contribution is 0.300. The first-order valence-electron chi connectivity index (χ1n) is 5.26. The van der Waals surface area contributed by atoms with Gasteiger partial charge in [-0.1, -0.05) is 18.2 Å². The van der Waals surface area contributed by atoms with E-state index in [9.17, 15) is 0 Å². The molecule has 2 aromatic rings. The number of aliphatic hydroxyl groups excluding tert-OH is 1. The van der Waals surface area contributed by atoms with Crippen molar-refractivity contribution in [2.45, 2.75) is 13.3 Å². The van der Waals surface area contributed by atoms with Crippen LogP contribution in [-0.2, 0) is 6.42 Å². The van der Waals surface area contributed by atoms with Gasteiger partial charge in [0.1, 0.15) is 0 Å². The summed E-state index contributed by atoms with van der Waals surface area (Å²) in [5, 5.41) is 11.0. The summed E-state index contributed by atoms with van der Waals surface area (Å²) in [5.41, 5.74) is 10.3. The fourth-order valence-corrected chi connectivity index (χ4v) is 2.77. The van der Waals surface area contributed by atoms with Gasteiger partial charge in [0, 0.05) is 22.7 Å². The van der Waals surface area contributed by atoms with Crippen LogP contribution in [0.25, 0.3) is 10.4 Å². The van der Waals surface area contributed by atoms with Gasteiger partial charge in [0.25, 0.3) is 0 Å². The minimum Gasteiger partial charge on any atom is -0.398 e. The molecular weight excluding hydrogens is 218 g/mol. The molecule has 0 aliphatic carbocycles. The molecule has 0 saturated heterocycles. The molecule has 0 atom stereocenters. The summed E-state index contributed by atoms with van der Waals surface area (Å²) in [6.07, 6.45) is 0.615. The van der Waals surface area contributed by atoms with Gasteiger partial charge in [-0.25, -0.2) is 0 Å². The third-order valence-corrected chi connectivity index (χ3v) is 3.73. The van der Waals surface area contributed by atoms with Crippen molar-refractivity contribution in [3.8, 4) is 10.4 Å². The van der Waals surface area contributed by atoms with Crippen molar-refractivity contribution in [2.75, 3.05) is 12.3 Å². The third kappa shape index (κ3) is 1.96. The molecule has 0 fully saturated rings. The number of aryl methyl sites for hydroxylation is 1. The summed E-state index contributed by atoms with van der Waals surface area (Å²) in [4.78, 5) is 1.22. The van der Waals surface area contributed by atoms with E-state index in [0.29, 0.717) is 6.42 Å². The quantitative estimate of drug-likeness (QED) is 0.801. The first kappa shape index (κ1) is 11.2. The molecule has 16 heavy (non-hydrogen) atoms. The second kappa shape index (κ2) is 4.68. The highest BCUT2D eigenvalue weighted by Gasteiger charge is 2.09. The van der Waals surface area contributed by atoms with Crippen LogP contribution in [0.4, 0.5) is 5.69 Å². The maximum atomic E-state index is 8.97. The minimum absolute atomic E-state index is 0.136. The van der Waals surface area contributed by atoms with Crippen LogP contribution in [0, 0.1) is 6.92 Å². The smallest absolute Gasteiger partial charge is 0.0472 e. The molecule has 84 valence electrons. The van der Waals surface area contributed by atoms with Gasteiger partial charge in [0.15, 0.2) is 0 Å². The van der Waals surface area contributed by atoms with Crippen LogP contribution in [0.3, 0.4) is 0 Å². The van der Waals surface area contributed by atoms with Crippen LogP contribution in [0.5, 0.6) is 0 Å². The highest BCUT2D eigenvalue weighted by molar-refractivity contribution is 7.13. The van der Waals surface area contributed by atoms with E-state index in [0.717, 1.165) is 16.8 Å². The van der Waals surface area contributed by atoms with E-state index < -0.39 is 0 Å². The van der Waals surface area contributed by atoms with Crippen molar-refractivity contribution in [3.63, 3.8) is 0 Å². The van der Waals surface area contributed by atoms with Crippen molar-refractivity contribution >= 4 is 17.0 Å². The Labute approximate surface area is 99.4 Å². The zero-order valence-electron chi connectivity index (χ0n) is 9.23. The molecule has 2 nitrogen and oxygen atoms in total. The molecule has 0 spiro atoms. The van der Waals surface area contributed by atoms with E-state index in [2.05, 4.69) is 18.4 Å². The molecule has 1 aromatic carbocycles. The van der Waals surface area contributed by atoms with Gasteiger partial charge in [-0.05, 0) is 35.9 Å². The molecule has 0 amide bonds. The predicted octanol–water partition coefficient (Wildman–Crippen LogP) is 2.84. The van der Waals surface area contributed by atoms with Crippen LogP contribution in [-0.4, -0.2) is 11.7 Å². The number of nitrogen functional groups attached to an aromatic ring is 1. The molecule has 2 rings (SSSR count). The van der Waals surface area contributed by atoms with Crippen LogP contribution < -0.4 is 5.73 Å². The van der Waals surface area contributed by atoms with Crippen LogP contribution >= 0.6 is 11.3 Å². The Morgan fingerprint density at radius 2 is 2.12 bits per heavy atom. The van der Waals surface area contributed by atoms with E-state index >= 15 is 0 Å². The standard InChI is InChI=1S/C13H15NOS/c1-9-6-8-16-13(9)11-4-2-3-10(5-7-15)12(11)14/h2-4,6,8,15H,5,7,14H2,1H3. The Kier molecular flexibility index (Phi) is 3.27. The zero-order chi connectivity index (χ0) is 11.5. The Bertz CT molecular complexity index is 490. The van der Waals surface area contributed by atoms with Gasteiger partial charge in [-0.2, -0.15) is 0 Å². The van der Waals surface area contributed by atoms with Crippen molar-refractivity contribution in [1.29, 1.82) is 0 Å². The number of benzene rings is 1. The van der Waals surface area contributed by atoms with E-state index in [1.807, 2.05) is 18.2 Å². The van der Waals surface area contributed by atoms with Crippen molar-refractivity contribution < 1.29 is 5.11 Å². The summed E-state index contributed by atoms with van der Waals surface area (Å²) < 4.78 is 0. The lowest BCUT2D eigenvalue weighted by atomic mass is 10.0. The Hall–Kier alpha value is -1.32. The number of nitrogens with two attached hydrogens (primary N) is 1.